The van der Waals surface area contributed by atoms with Gasteiger partial charge in [-0.2, -0.15) is 4.79 Å². The molecule has 0 heterocycles. The summed E-state index contributed by atoms with van der Waals surface area (Å²) in [5.41, 5.74) is 0. The predicted octanol–water partition coefficient (Wildman–Crippen LogP) is -1.42. The minimum Gasteiger partial charge on any atom is -1.00 e. The third-order valence-electron chi connectivity index (χ3n) is 0.550. The number of rotatable bonds is 3. The normalized spacial score (nSPS) is 9.45. The number of carbonyl (C=O) groups is 1. The Morgan fingerprint density at radius 2 is 2.18 bits per heavy atom. The van der Waals surface area contributed by atoms with Crippen LogP contribution in [0, 0.1) is 0 Å². The molecule has 0 saturated carbocycles. The van der Waals surface area contributed by atoms with E-state index in [2.05, 4.69) is 13.8 Å². The maximum absolute atomic E-state index is 10.4. The number of methoxy groups -OCH3 is 1. The van der Waals surface area contributed by atoms with Crippen molar-refractivity contribution in [2.75, 3.05) is 13.7 Å². The van der Waals surface area contributed by atoms with E-state index in [0.29, 0.717) is 0 Å². The van der Waals surface area contributed by atoms with Crippen LogP contribution in [0.1, 0.15) is 8.35 Å². The number of hydrogen-bond donors (Lipinski definition) is 0. The summed E-state index contributed by atoms with van der Waals surface area (Å²) < 4.78 is 22.9. The fraction of sp³-hybridized carbons (Fsp3) is 0.750. The molecule has 11 heavy (non-hydrogen) atoms. The van der Waals surface area contributed by atoms with E-state index in [4.69, 9.17) is 0 Å². The monoisotopic (exact) mass is 175 g/mol. The molecule has 0 bridgehead atoms. The summed E-state index contributed by atoms with van der Waals surface area (Å²) in [4.78, 5) is 10.2. The molecule has 1 atom stereocenters. The molecule has 0 rings (SSSR count). The summed E-state index contributed by atoms with van der Waals surface area (Å²) in [5, 5.41) is 0. The summed E-state index contributed by atoms with van der Waals surface area (Å²) in [7, 11) is -1.23. The van der Waals surface area contributed by atoms with Crippen molar-refractivity contribution >= 4 is 14.4 Å². The van der Waals surface area contributed by atoms with Gasteiger partial charge in [0.2, 0.25) is 0 Å². The molecule has 0 saturated heterocycles. The first-order valence-corrected chi connectivity index (χ1v) is 3.66. The van der Waals surface area contributed by atoms with Crippen LogP contribution in [0.2, 0.25) is 0 Å². The molecule has 0 spiro atoms. The van der Waals surface area contributed by atoms with Crippen molar-refractivity contribution in [3.05, 3.63) is 0 Å². The zero-order valence-corrected chi connectivity index (χ0v) is 7.59. The number of carbonyl (C=O) groups excluding carboxylic acids is 1. The summed E-state index contributed by atoms with van der Waals surface area (Å²) in [5.74, 6) is 0. The second-order valence-corrected chi connectivity index (χ2v) is 2.07. The molecule has 7 heteroatoms. The molecular formula is C4H9LiO5P+. The van der Waals surface area contributed by atoms with Crippen LogP contribution in [-0.2, 0) is 18.3 Å². The molecule has 60 valence electrons. The fourth-order valence-electron chi connectivity index (χ4n) is 0.230. The molecule has 0 N–H and O–H groups in total. The molecule has 0 aliphatic carbocycles. The van der Waals surface area contributed by atoms with Crippen LogP contribution in [0.3, 0.4) is 0 Å². The van der Waals surface area contributed by atoms with Gasteiger partial charge in [-0.05, 0) is 6.92 Å². The van der Waals surface area contributed by atoms with Crippen molar-refractivity contribution in [3.63, 3.8) is 0 Å². The molecule has 0 fully saturated rings. The Hall–Kier alpha value is -0.0726. The average molecular weight is 175 g/mol. The van der Waals surface area contributed by atoms with Gasteiger partial charge in [-0.3, -0.25) is 0 Å². The van der Waals surface area contributed by atoms with Gasteiger partial charge in [-0.25, -0.2) is 0 Å². The van der Waals surface area contributed by atoms with Crippen LogP contribution in [-0.4, -0.2) is 19.9 Å². The molecular weight excluding hydrogens is 166 g/mol. The second-order valence-electron chi connectivity index (χ2n) is 1.19. The molecule has 0 aliphatic heterocycles. The zero-order valence-electron chi connectivity index (χ0n) is 7.70. The van der Waals surface area contributed by atoms with E-state index in [1.165, 1.54) is 0 Å². The van der Waals surface area contributed by atoms with Crippen LogP contribution in [0.15, 0.2) is 0 Å². The molecule has 0 radical (unpaired) electrons. The summed E-state index contributed by atoms with van der Waals surface area (Å²) >= 11 is 0. The van der Waals surface area contributed by atoms with Gasteiger partial charge in [0.1, 0.15) is 6.61 Å². The first-order chi connectivity index (χ1) is 4.70. The van der Waals surface area contributed by atoms with Gasteiger partial charge in [0, 0.05) is 4.57 Å². The molecule has 0 aromatic heterocycles. The maximum atomic E-state index is 10.4. The topological polar surface area (TPSA) is 61.8 Å². The van der Waals surface area contributed by atoms with E-state index in [9.17, 15) is 9.36 Å². The summed E-state index contributed by atoms with van der Waals surface area (Å²) in [6.45, 7) is 1.86. The van der Waals surface area contributed by atoms with Crippen molar-refractivity contribution in [2.45, 2.75) is 6.92 Å². The number of hydrogen-bond acceptors (Lipinski definition) is 5. The van der Waals surface area contributed by atoms with Crippen LogP contribution in [0.4, 0.5) is 4.79 Å². The standard InChI is InChI=1S/C4H8O5P.Li.H/c1-3-8-10(6)9-4(5)7-2;;/h3H2,1-2H3;;/q2*+1;-1. The van der Waals surface area contributed by atoms with Gasteiger partial charge in [0.25, 0.3) is 0 Å². The summed E-state index contributed by atoms with van der Waals surface area (Å²) in [6.07, 6.45) is -1.01. The van der Waals surface area contributed by atoms with Crippen LogP contribution >= 0.6 is 8.25 Å². The Labute approximate surface area is 79.0 Å². The largest absolute Gasteiger partial charge is 1.00 e. The zero-order chi connectivity index (χ0) is 7.98. The van der Waals surface area contributed by atoms with E-state index in [1.54, 1.807) is 6.92 Å². The fourth-order valence-corrected chi connectivity index (χ4v) is 0.690. The van der Waals surface area contributed by atoms with E-state index in [1.807, 2.05) is 0 Å². The van der Waals surface area contributed by atoms with Gasteiger partial charge >= 0.3 is 33.3 Å². The first-order valence-electron chi connectivity index (χ1n) is 2.56. The van der Waals surface area contributed by atoms with Crippen LogP contribution < -0.4 is 18.9 Å². The average Bonchev–Trinajstić information content (AvgIpc) is 1.88. The van der Waals surface area contributed by atoms with Crippen LogP contribution in [0.25, 0.3) is 0 Å². The van der Waals surface area contributed by atoms with E-state index in [-0.39, 0.29) is 26.9 Å². The second kappa shape index (κ2) is 8.03. The molecule has 0 aliphatic rings. The van der Waals surface area contributed by atoms with Crippen molar-refractivity contribution < 1.29 is 43.4 Å². The van der Waals surface area contributed by atoms with Crippen LogP contribution in [0.5, 0.6) is 0 Å². The molecule has 5 nitrogen and oxygen atoms in total. The third-order valence-corrected chi connectivity index (χ3v) is 1.32. The summed E-state index contributed by atoms with van der Waals surface area (Å²) in [6, 6.07) is 0. The first kappa shape index (κ1) is 13.5. The van der Waals surface area contributed by atoms with Crippen molar-refractivity contribution in [1.82, 2.24) is 0 Å². The minimum absolute atomic E-state index is 0. The Morgan fingerprint density at radius 1 is 1.64 bits per heavy atom. The maximum Gasteiger partial charge on any atom is 1.00 e. The number of ether oxygens (including phenoxy) is 1. The van der Waals surface area contributed by atoms with Gasteiger partial charge in [0.15, 0.2) is 0 Å². The van der Waals surface area contributed by atoms with Gasteiger partial charge in [-0.15, -0.1) is 9.05 Å². The quantitative estimate of drug-likeness (QED) is 0.299. The van der Waals surface area contributed by atoms with E-state index in [0.717, 1.165) is 7.11 Å². The third kappa shape index (κ3) is 7.83. The van der Waals surface area contributed by atoms with E-state index < -0.39 is 14.4 Å². The minimum atomic E-state index is -2.35. The Kier molecular flexibility index (Phi) is 9.86. The van der Waals surface area contributed by atoms with Crippen molar-refractivity contribution in [1.29, 1.82) is 0 Å². The molecule has 0 amide bonds. The molecule has 1 unspecified atom stereocenters. The van der Waals surface area contributed by atoms with Gasteiger partial charge in [0.05, 0.1) is 7.11 Å². The van der Waals surface area contributed by atoms with Gasteiger partial charge < -0.3 is 6.16 Å². The van der Waals surface area contributed by atoms with Gasteiger partial charge in [-0.1, -0.05) is 0 Å². The Morgan fingerprint density at radius 3 is 2.55 bits per heavy atom. The Bertz CT molecular complexity index is 143. The predicted molar refractivity (Wildman–Crippen MR) is 33.8 cm³/mol. The molecule has 0 aromatic carbocycles. The smallest absolute Gasteiger partial charge is 1.00 e. The van der Waals surface area contributed by atoms with E-state index >= 15 is 0 Å². The van der Waals surface area contributed by atoms with Crippen molar-refractivity contribution in [3.8, 4) is 0 Å². The molecule has 0 aromatic rings. The Balaban J connectivity index is -0.000000405. The van der Waals surface area contributed by atoms with Crippen molar-refractivity contribution in [2.24, 2.45) is 0 Å². The SMILES string of the molecule is CCO[P+](=O)OC(=O)OC.[H-].[Li+].